The number of likely N-dealkylation sites (tertiary alicyclic amines) is 1. The van der Waals surface area contributed by atoms with Crippen LogP contribution in [0, 0.1) is 11.7 Å². The topological polar surface area (TPSA) is 61.8 Å². The van der Waals surface area contributed by atoms with Crippen molar-refractivity contribution in [2.45, 2.75) is 50.4 Å². The predicted octanol–water partition coefficient (Wildman–Crippen LogP) is 1.94. The molecule has 5 nitrogen and oxygen atoms in total. The summed E-state index contributed by atoms with van der Waals surface area (Å²) in [5, 5.41) is 13.5. The van der Waals surface area contributed by atoms with E-state index in [2.05, 4.69) is 10.2 Å². The number of hydrogen-bond acceptors (Lipinski definition) is 4. The second kappa shape index (κ2) is 7.30. The van der Waals surface area contributed by atoms with Crippen molar-refractivity contribution in [2.75, 3.05) is 20.1 Å². The number of ether oxygens (including phenoxy) is 1. The maximum absolute atomic E-state index is 13.2. The Morgan fingerprint density at radius 2 is 2.28 bits per heavy atom. The summed E-state index contributed by atoms with van der Waals surface area (Å²) < 4.78 is 19.0. The van der Waals surface area contributed by atoms with E-state index in [1.807, 2.05) is 14.0 Å². The molecule has 1 saturated heterocycles. The third-order valence-corrected chi connectivity index (χ3v) is 5.78. The van der Waals surface area contributed by atoms with Crippen LogP contribution in [-0.4, -0.2) is 53.8 Å². The van der Waals surface area contributed by atoms with Gasteiger partial charge in [0.15, 0.2) is 0 Å². The standard InChI is InChI=1S/C19H27FN2O3/c1-19(9-4-10-22(19)2)18(24)21-12-13-7-8-16(17(13)23)25-15-6-3-5-14(20)11-15/h3,5-6,11,13,16-17,23H,4,7-10,12H2,1-2H3,(H,21,24)/t13-,16-,17-,19-/m1/s1. The van der Waals surface area contributed by atoms with Gasteiger partial charge in [0.25, 0.3) is 0 Å². The molecule has 6 heteroatoms. The van der Waals surface area contributed by atoms with Crippen molar-refractivity contribution in [1.29, 1.82) is 0 Å². The highest BCUT2D eigenvalue weighted by molar-refractivity contribution is 5.86. The molecule has 2 N–H and O–H groups in total. The van der Waals surface area contributed by atoms with Gasteiger partial charge in [-0.25, -0.2) is 4.39 Å². The van der Waals surface area contributed by atoms with Gasteiger partial charge in [0, 0.05) is 18.5 Å². The van der Waals surface area contributed by atoms with Crippen LogP contribution in [0.3, 0.4) is 0 Å². The highest BCUT2D eigenvalue weighted by atomic mass is 19.1. The molecule has 25 heavy (non-hydrogen) atoms. The number of carbonyl (C=O) groups is 1. The van der Waals surface area contributed by atoms with Crippen molar-refractivity contribution in [1.82, 2.24) is 10.2 Å². The van der Waals surface area contributed by atoms with E-state index < -0.39 is 11.6 Å². The molecule has 1 saturated carbocycles. The summed E-state index contributed by atoms with van der Waals surface area (Å²) in [5.74, 6) is 0.0450. The molecule has 1 aromatic rings. The molecule has 0 radical (unpaired) electrons. The van der Waals surface area contributed by atoms with E-state index in [9.17, 15) is 14.3 Å². The Hall–Kier alpha value is -1.66. The number of benzene rings is 1. The Bertz CT molecular complexity index is 626. The number of halogens is 1. The maximum Gasteiger partial charge on any atom is 0.240 e. The molecule has 1 aliphatic carbocycles. The first kappa shape index (κ1) is 18.1. The lowest BCUT2D eigenvalue weighted by Crippen LogP contribution is -2.53. The van der Waals surface area contributed by atoms with Crippen LogP contribution in [0.5, 0.6) is 5.75 Å². The fourth-order valence-corrected chi connectivity index (χ4v) is 3.89. The van der Waals surface area contributed by atoms with E-state index in [4.69, 9.17) is 4.74 Å². The number of likely N-dealkylation sites (N-methyl/N-ethyl adjacent to an activating group) is 1. The smallest absolute Gasteiger partial charge is 0.240 e. The van der Waals surface area contributed by atoms with Crippen LogP contribution in [-0.2, 0) is 4.79 Å². The fourth-order valence-electron chi connectivity index (χ4n) is 3.89. The third kappa shape index (κ3) is 3.80. The summed E-state index contributed by atoms with van der Waals surface area (Å²) in [4.78, 5) is 14.6. The van der Waals surface area contributed by atoms with Crippen molar-refractivity contribution in [3.63, 3.8) is 0 Å². The molecule has 0 bridgehead atoms. The molecular weight excluding hydrogens is 323 g/mol. The lowest BCUT2D eigenvalue weighted by atomic mass is 9.97. The Morgan fingerprint density at radius 3 is 2.96 bits per heavy atom. The highest BCUT2D eigenvalue weighted by Crippen LogP contribution is 2.31. The third-order valence-electron chi connectivity index (χ3n) is 5.78. The highest BCUT2D eigenvalue weighted by Gasteiger charge is 2.42. The molecule has 0 aromatic heterocycles. The molecule has 0 unspecified atom stereocenters. The number of amides is 1. The molecule has 1 heterocycles. The monoisotopic (exact) mass is 350 g/mol. The zero-order valence-electron chi connectivity index (χ0n) is 14.9. The van der Waals surface area contributed by atoms with Crippen LogP contribution >= 0.6 is 0 Å². The van der Waals surface area contributed by atoms with Gasteiger partial charge in [-0.3, -0.25) is 9.69 Å². The van der Waals surface area contributed by atoms with E-state index in [0.717, 1.165) is 25.8 Å². The first-order valence-corrected chi connectivity index (χ1v) is 9.00. The number of nitrogens with zero attached hydrogens (tertiary/aromatic N) is 1. The number of hydrogen-bond donors (Lipinski definition) is 2. The summed E-state index contributed by atoms with van der Waals surface area (Å²) in [6.07, 6.45) is 2.30. The van der Waals surface area contributed by atoms with Gasteiger partial charge in [-0.2, -0.15) is 0 Å². The largest absolute Gasteiger partial charge is 0.488 e. The molecule has 1 amide bonds. The fraction of sp³-hybridized carbons (Fsp3) is 0.632. The van der Waals surface area contributed by atoms with Gasteiger partial charge in [0.2, 0.25) is 5.91 Å². The zero-order chi connectivity index (χ0) is 18.0. The second-order valence-corrected chi connectivity index (χ2v) is 7.45. The lowest BCUT2D eigenvalue weighted by Gasteiger charge is -2.31. The first-order valence-electron chi connectivity index (χ1n) is 9.00. The SMILES string of the molecule is CN1CCC[C@]1(C)C(=O)NC[C@H]1CC[C@@H](Oc2cccc(F)c2)[C@@H]1O. The number of aliphatic hydroxyl groups is 1. The van der Waals surface area contributed by atoms with Crippen molar-refractivity contribution in [2.24, 2.45) is 5.92 Å². The molecule has 3 rings (SSSR count). The van der Waals surface area contributed by atoms with Crippen molar-refractivity contribution in [3.05, 3.63) is 30.1 Å². The van der Waals surface area contributed by atoms with Crippen molar-refractivity contribution in [3.8, 4) is 5.75 Å². The lowest BCUT2D eigenvalue weighted by molar-refractivity contribution is -0.130. The summed E-state index contributed by atoms with van der Waals surface area (Å²) in [6.45, 7) is 3.34. The Kier molecular flexibility index (Phi) is 5.29. The Labute approximate surface area is 148 Å². The van der Waals surface area contributed by atoms with Crippen molar-refractivity contribution < 1.29 is 19.0 Å². The van der Waals surface area contributed by atoms with Crippen LogP contribution in [0.4, 0.5) is 4.39 Å². The maximum atomic E-state index is 13.2. The van der Waals surface area contributed by atoms with E-state index >= 15 is 0 Å². The predicted molar refractivity (Wildman–Crippen MR) is 92.8 cm³/mol. The first-order chi connectivity index (χ1) is 11.9. The quantitative estimate of drug-likeness (QED) is 0.852. The summed E-state index contributed by atoms with van der Waals surface area (Å²) in [6, 6.07) is 5.94. The minimum atomic E-state index is -0.669. The van der Waals surface area contributed by atoms with E-state index in [1.165, 1.54) is 12.1 Å². The summed E-state index contributed by atoms with van der Waals surface area (Å²) in [5.41, 5.74) is -0.457. The normalized spacial score (nSPS) is 32.7. The van der Waals surface area contributed by atoms with Gasteiger partial charge < -0.3 is 15.2 Å². The molecule has 2 aliphatic rings. The van der Waals surface area contributed by atoms with E-state index in [1.54, 1.807) is 12.1 Å². The molecule has 0 spiro atoms. The van der Waals surface area contributed by atoms with Crippen LogP contribution in [0.2, 0.25) is 0 Å². The molecule has 1 aromatic carbocycles. The Balaban J connectivity index is 1.52. The number of nitrogens with one attached hydrogen (secondary N) is 1. The van der Waals surface area contributed by atoms with Gasteiger partial charge in [-0.05, 0) is 58.3 Å². The van der Waals surface area contributed by atoms with Gasteiger partial charge >= 0.3 is 0 Å². The van der Waals surface area contributed by atoms with Crippen LogP contribution in [0.1, 0.15) is 32.6 Å². The number of rotatable bonds is 5. The van der Waals surface area contributed by atoms with Crippen molar-refractivity contribution >= 4 is 5.91 Å². The zero-order valence-corrected chi connectivity index (χ0v) is 14.9. The molecule has 1 aliphatic heterocycles. The summed E-state index contributed by atoms with van der Waals surface area (Å²) in [7, 11) is 1.97. The second-order valence-electron chi connectivity index (χ2n) is 7.45. The summed E-state index contributed by atoms with van der Waals surface area (Å²) >= 11 is 0. The minimum Gasteiger partial charge on any atom is -0.488 e. The molecule has 4 atom stereocenters. The van der Waals surface area contributed by atoms with Crippen LogP contribution in [0.15, 0.2) is 24.3 Å². The van der Waals surface area contributed by atoms with Gasteiger partial charge in [0.1, 0.15) is 17.7 Å². The number of aliphatic hydroxyl groups excluding tert-OH is 1. The van der Waals surface area contributed by atoms with Crippen LogP contribution < -0.4 is 10.1 Å². The average molecular weight is 350 g/mol. The van der Waals surface area contributed by atoms with Gasteiger partial charge in [0.05, 0.1) is 11.6 Å². The molecular formula is C19H27FN2O3. The van der Waals surface area contributed by atoms with E-state index in [-0.39, 0.29) is 23.7 Å². The molecule has 138 valence electrons. The van der Waals surface area contributed by atoms with Crippen LogP contribution in [0.25, 0.3) is 0 Å². The van der Waals surface area contributed by atoms with Gasteiger partial charge in [-0.1, -0.05) is 6.07 Å². The minimum absolute atomic E-state index is 0.0224. The Morgan fingerprint density at radius 1 is 1.48 bits per heavy atom. The van der Waals surface area contributed by atoms with Gasteiger partial charge in [-0.15, -0.1) is 0 Å². The van der Waals surface area contributed by atoms with E-state index in [0.29, 0.717) is 18.7 Å². The molecule has 2 fully saturated rings. The average Bonchev–Trinajstić information content (AvgIpc) is 3.10. The number of carbonyl (C=O) groups excluding carboxylic acids is 1.